The van der Waals surface area contributed by atoms with Crippen LogP contribution in [0.1, 0.15) is 12.5 Å². The van der Waals surface area contributed by atoms with Crippen molar-refractivity contribution in [2.45, 2.75) is 18.7 Å². The van der Waals surface area contributed by atoms with Crippen LogP contribution in [0.3, 0.4) is 0 Å². The molecule has 0 aliphatic carbocycles. The minimum absolute atomic E-state index is 0.0758. The van der Waals surface area contributed by atoms with Gasteiger partial charge in [0.2, 0.25) is 5.91 Å². The first-order chi connectivity index (χ1) is 7.33. The maximum Gasteiger partial charge on any atom is 0.258 e. The quantitative estimate of drug-likeness (QED) is 0.821. The average Bonchev–Trinajstić information content (AvgIpc) is 2.14. The highest BCUT2D eigenvalue weighted by molar-refractivity contribution is 9.10. The van der Waals surface area contributed by atoms with Gasteiger partial charge >= 0.3 is 0 Å². The number of amides is 1. The summed E-state index contributed by atoms with van der Waals surface area (Å²) in [7, 11) is -3.73. The van der Waals surface area contributed by atoms with Gasteiger partial charge in [0.15, 0.2) is 0 Å². The molecule has 5 nitrogen and oxygen atoms in total. The molecule has 0 bridgehead atoms. The van der Waals surface area contributed by atoms with E-state index in [-0.39, 0.29) is 4.90 Å². The minimum atomic E-state index is -3.73. The van der Waals surface area contributed by atoms with Crippen molar-refractivity contribution in [1.29, 1.82) is 0 Å². The van der Waals surface area contributed by atoms with Crippen molar-refractivity contribution in [1.82, 2.24) is 10.3 Å². The second kappa shape index (κ2) is 4.94. The average molecular weight is 307 g/mol. The van der Waals surface area contributed by atoms with Crippen LogP contribution in [0.15, 0.2) is 27.6 Å². The molecule has 0 fully saturated rings. The van der Waals surface area contributed by atoms with E-state index in [1.807, 2.05) is 17.2 Å². The molecule has 16 heavy (non-hydrogen) atoms. The summed E-state index contributed by atoms with van der Waals surface area (Å²) < 4.78 is 23.9. The molecule has 0 atom stereocenters. The molecule has 1 amide bonds. The molecule has 0 saturated heterocycles. The number of hydrogen-bond donors (Lipinski definition) is 2. The van der Waals surface area contributed by atoms with Crippen LogP contribution in [-0.2, 0) is 14.8 Å². The molecule has 0 aliphatic heterocycles. The number of hydrazine groups is 1. The first-order valence-corrected chi connectivity index (χ1v) is 6.65. The van der Waals surface area contributed by atoms with Crippen LogP contribution in [0, 0.1) is 6.92 Å². The summed E-state index contributed by atoms with van der Waals surface area (Å²) in [5.41, 5.74) is 2.96. The van der Waals surface area contributed by atoms with E-state index in [1.165, 1.54) is 13.0 Å². The highest BCUT2D eigenvalue weighted by Crippen LogP contribution is 2.22. The molecule has 0 aliphatic rings. The van der Waals surface area contributed by atoms with Crippen LogP contribution in [0.25, 0.3) is 0 Å². The Labute approximate surface area is 102 Å². The largest absolute Gasteiger partial charge is 0.278 e. The predicted octanol–water partition coefficient (Wildman–Crippen LogP) is 1.09. The number of carbonyl (C=O) groups excluding carboxylic acids is 1. The maximum absolute atomic E-state index is 11.7. The molecule has 0 radical (unpaired) electrons. The lowest BCUT2D eigenvalue weighted by atomic mass is 10.2. The maximum atomic E-state index is 11.7. The van der Waals surface area contributed by atoms with Crippen molar-refractivity contribution in [3.8, 4) is 0 Å². The van der Waals surface area contributed by atoms with Crippen molar-refractivity contribution in [2.24, 2.45) is 0 Å². The number of aryl methyl sites for hydroxylation is 1. The van der Waals surface area contributed by atoms with E-state index in [2.05, 4.69) is 15.9 Å². The van der Waals surface area contributed by atoms with Crippen molar-refractivity contribution in [3.05, 3.63) is 28.2 Å². The molecule has 0 saturated carbocycles. The number of benzene rings is 1. The first kappa shape index (κ1) is 13.1. The lowest BCUT2D eigenvalue weighted by Crippen LogP contribution is -2.40. The van der Waals surface area contributed by atoms with Crippen molar-refractivity contribution in [2.75, 3.05) is 0 Å². The molecule has 1 rings (SSSR count). The van der Waals surface area contributed by atoms with E-state index in [0.29, 0.717) is 4.47 Å². The third-order valence-electron chi connectivity index (χ3n) is 1.74. The van der Waals surface area contributed by atoms with E-state index >= 15 is 0 Å². The van der Waals surface area contributed by atoms with Gasteiger partial charge in [0, 0.05) is 11.4 Å². The van der Waals surface area contributed by atoms with E-state index in [4.69, 9.17) is 0 Å². The minimum Gasteiger partial charge on any atom is -0.278 e. The summed E-state index contributed by atoms with van der Waals surface area (Å²) in [6.45, 7) is 3.06. The molecule has 88 valence electrons. The Hall–Kier alpha value is -0.920. The van der Waals surface area contributed by atoms with Crippen molar-refractivity contribution in [3.63, 3.8) is 0 Å². The van der Waals surface area contributed by atoms with Gasteiger partial charge in [-0.1, -0.05) is 6.07 Å². The van der Waals surface area contributed by atoms with Gasteiger partial charge in [0.05, 0.1) is 4.90 Å². The Kier molecular flexibility index (Phi) is 4.06. The lowest BCUT2D eigenvalue weighted by molar-refractivity contribution is -0.119. The zero-order chi connectivity index (χ0) is 12.3. The second-order valence-electron chi connectivity index (χ2n) is 3.22. The third kappa shape index (κ3) is 3.29. The smallest absolute Gasteiger partial charge is 0.258 e. The summed E-state index contributed by atoms with van der Waals surface area (Å²) in [6, 6.07) is 4.82. The van der Waals surface area contributed by atoms with Gasteiger partial charge in [-0.2, -0.15) is 0 Å². The van der Waals surface area contributed by atoms with Gasteiger partial charge in [-0.05, 0) is 40.5 Å². The normalized spacial score (nSPS) is 11.2. The van der Waals surface area contributed by atoms with E-state index in [1.54, 1.807) is 12.1 Å². The summed E-state index contributed by atoms with van der Waals surface area (Å²) in [6.07, 6.45) is 0. The lowest BCUT2D eigenvalue weighted by Gasteiger charge is -2.08. The fraction of sp³-hybridized carbons (Fsp3) is 0.222. The number of nitrogens with one attached hydrogen (secondary N) is 2. The Bertz CT molecular complexity index is 513. The molecular formula is C9H11BrN2O3S. The number of rotatable bonds is 3. The van der Waals surface area contributed by atoms with Crippen LogP contribution in [-0.4, -0.2) is 14.3 Å². The van der Waals surface area contributed by atoms with Crippen LogP contribution >= 0.6 is 15.9 Å². The number of hydrogen-bond acceptors (Lipinski definition) is 3. The van der Waals surface area contributed by atoms with Gasteiger partial charge in [-0.25, -0.2) is 8.42 Å². The third-order valence-corrected chi connectivity index (χ3v) is 3.96. The number of halogens is 1. The Morgan fingerprint density at radius 1 is 1.38 bits per heavy atom. The summed E-state index contributed by atoms with van der Waals surface area (Å²) in [5.74, 6) is -0.480. The molecule has 7 heteroatoms. The highest BCUT2D eigenvalue weighted by atomic mass is 79.9. The van der Waals surface area contributed by atoms with Crippen LogP contribution < -0.4 is 10.3 Å². The topological polar surface area (TPSA) is 75.3 Å². The first-order valence-electron chi connectivity index (χ1n) is 4.37. The number of sulfonamides is 1. The zero-order valence-electron chi connectivity index (χ0n) is 8.74. The second-order valence-corrected chi connectivity index (χ2v) is 5.73. The fourth-order valence-corrected chi connectivity index (χ4v) is 3.10. The molecule has 1 aromatic carbocycles. The Morgan fingerprint density at radius 2 is 2.00 bits per heavy atom. The van der Waals surface area contributed by atoms with Gasteiger partial charge < -0.3 is 0 Å². The van der Waals surface area contributed by atoms with E-state index < -0.39 is 15.9 Å². The van der Waals surface area contributed by atoms with Gasteiger partial charge in [-0.3, -0.25) is 10.2 Å². The molecule has 0 spiro atoms. The van der Waals surface area contributed by atoms with Gasteiger partial charge in [0.1, 0.15) is 0 Å². The SMILES string of the molecule is CC(=O)NNS(=O)(=O)c1ccc(C)cc1Br. The molecule has 1 aromatic rings. The number of carbonyl (C=O) groups is 1. The van der Waals surface area contributed by atoms with Crippen LogP contribution in [0.2, 0.25) is 0 Å². The predicted molar refractivity (Wildman–Crippen MR) is 63.0 cm³/mol. The highest BCUT2D eigenvalue weighted by Gasteiger charge is 2.17. The van der Waals surface area contributed by atoms with Crippen molar-refractivity contribution >= 4 is 31.9 Å². The Morgan fingerprint density at radius 3 is 2.50 bits per heavy atom. The van der Waals surface area contributed by atoms with E-state index in [9.17, 15) is 13.2 Å². The summed E-state index contributed by atoms with van der Waals surface area (Å²) in [4.78, 5) is 12.7. The van der Waals surface area contributed by atoms with Crippen LogP contribution in [0.5, 0.6) is 0 Å². The van der Waals surface area contributed by atoms with Gasteiger partial charge in [0.25, 0.3) is 10.0 Å². The van der Waals surface area contributed by atoms with Crippen LogP contribution in [0.4, 0.5) is 0 Å². The standard InChI is InChI=1S/C9H11BrN2O3S/c1-6-3-4-9(8(10)5-6)16(14,15)12-11-7(2)13/h3-5,12H,1-2H3,(H,11,13). The molecule has 2 N–H and O–H groups in total. The molecule has 0 unspecified atom stereocenters. The van der Waals surface area contributed by atoms with Gasteiger partial charge in [-0.15, -0.1) is 4.83 Å². The monoisotopic (exact) mass is 306 g/mol. The molecular weight excluding hydrogens is 296 g/mol. The summed E-state index contributed by atoms with van der Waals surface area (Å²) in [5, 5.41) is 0. The van der Waals surface area contributed by atoms with E-state index in [0.717, 1.165) is 5.56 Å². The zero-order valence-corrected chi connectivity index (χ0v) is 11.1. The molecule has 0 heterocycles. The fourth-order valence-electron chi connectivity index (χ4n) is 1.02. The Balaban J connectivity index is 3.03. The molecule has 0 aromatic heterocycles. The summed E-state index contributed by atoms with van der Waals surface area (Å²) >= 11 is 3.16. The van der Waals surface area contributed by atoms with Crippen molar-refractivity contribution < 1.29 is 13.2 Å².